The zero-order valence-corrected chi connectivity index (χ0v) is 9.87. The van der Waals surface area contributed by atoms with Gasteiger partial charge in [-0.15, -0.1) is 0 Å². The van der Waals surface area contributed by atoms with Crippen LogP contribution in [0.15, 0.2) is 0 Å². The van der Waals surface area contributed by atoms with Crippen molar-refractivity contribution in [2.45, 2.75) is 26.3 Å². The molecule has 0 aromatic carbocycles. The van der Waals surface area contributed by atoms with Gasteiger partial charge in [0.2, 0.25) is 0 Å². The van der Waals surface area contributed by atoms with Crippen molar-refractivity contribution in [1.29, 1.82) is 0 Å². The van der Waals surface area contributed by atoms with Crippen molar-refractivity contribution >= 4 is 0 Å². The Morgan fingerprint density at radius 3 is 2.64 bits per heavy atom. The minimum Gasteiger partial charge on any atom is -0.329 e. The molecule has 1 rings (SSSR count). The Balaban J connectivity index is 2.27. The van der Waals surface area contributed by atoms with Crippen LogP contribution in [-0.4, -0.2) is 55.6 Å². The van der Waals surface area contributed by atoms with Crippen LogP contribution in [0, 0.1) is 5.92 Å². The molecule has 0 saturated carbocycles. The third-order valence-corrected chi connectivity index (χ3v) is 3.16. The predicted octanol–water partition coefficient (Wildman–Crippen LogP) is 0.607. The average molecular weight is 199 g/mol. The summed E-state index contributed by atoms with van der Waals surface area (Å²) in [5, 5.41) is 0. The number of nitrogens with two attached hydrogens (primary N) is 1. The maximum atomic E-state index is 5.74. The van der Waals surface area contributed by atoms with E-state index in [0.29, 0.717) is 6.04 Å². The van der Waals surface area contributed by atoms with Gasteiger partial charge in [-0.2, -0.15) is 0 Å². The molecule has 84 valence electrons. The highest BCUT2D eigenvalue weighted by molar-refractivity contribution is 4.80. The van der Waals surface area contributed by atoms with Crippen LogP contribution in [0.25, 0.3) is 0 Å². The fourth-order valence-electron chi connectivity index (χ4n) is 1.91. The number of hydrogen-bond acceptors (Lipinski definition) is 3. The molecule has 3 heteroatoms. The summed E-state index contributed by atoms with van der Waals surface area (Å²) >= 11 is 0. The summed E-state index contributed by atoms with van der Waals surface area (Å²) in [4.78, 5) is 4.93. The van der Waals surface area contributed by atoms with Crippen LogP contribution in [0.2, 0.25) is 0 Å². The molecule has 0 aromatic rings. The third kappa shape index (κ3) is 3.56. The van der Waals surface area contributed by atoms with E-state index in [0.717, 1.165) is 19.0 Å². The number of hydrogen-bond donors (Lipinski definition) is 1. The van der Waals surface area contributed by atoms with Crippen molar-refractivity contribution < 1.29 is 0 Å². The molecule has 1 aliphatic rings. The minimum absolute atomic E-state index is 0.566. The summed E-state index contributed by atoms with van der Waals surface area (Å²) in [6.45, 7) is 10.1. The zero-order chi connectivity index (χ0) is 10.6. The fourth-order valence-corrected chi connectivity index (χ4v) is 1.91. The summed E-state index contributed by atoms with van der Waals surface area (Å²) in [5.41, 5.74) is 5.74. The molecule has 14 heavy (non-hydrogen) atoms. The van der Waals surface area contributed by atoms with E-state index in [-0.39, 0.29) is 0 Å². The van der Waals surface area contributed by atoms with Crippen LogP contribution in [0.3, 0.4) is 0 Å². The molecule has 1 heterocycles. The van der Waals surface area contributed by atoms with E-state index in [1.165, 1.54) is 26.1 Å². The van der Waals surface area contributed by atoms with Gasteiger partial charge in [-0.1, -0.05) is 13.8 Å². The van der Waals surface area contributed by atoms with Crippen LogP contribution in [-0.2, 0) is 0 Å². The summed E-state index contributed by atoms with van der Waals surface area (Å²) in [7, 11) is 2.18. The van der Waals surface area contributed by atoms with E-state index < -0.39 is 0 Å². The first-order valence-corrected chi connectivity index (χ1v) is 5.76. The van der Waals surface area contributed by atoms with Crippen LogP contribution >= 0.6 is 0 Å². The molecule has 0 bridgehead atoms. The molecular weight excluding hydrogens is 174 g/mol. The molecule has 1 saturated heterocycles. The first-order valence-electron chi connectivity index (χ1n) is 5.76. The van der Waals surface area contributed by atoms with Gasteiger partial charge in [-0.25, -0.2) is 0 Å². The second kappa shape index (κ2) is 5.69. The van der Waals surface area contributed by atoms with Gasteiger partial charge in [0.05, 0.1) is 0 Å². The Labute approximate surface area is 88.2 Å². The van der Waals surface area contributed by atoms with Gasteiger partial charge < -0.3 is 10.6 Å². The minimum atomic E-state index is 0.566. The Morgan fingerprint density at radius 2 is 2.07 bits per heavy atom. The van der Waals surface area contributed by atoms with Crippen molar-refractivity contribution in [1.82, 2.24) is 9.80 Å². The van der Waals surface area contributed by atoms with Gasteiger partial charge in [0.1, 0.15) is 0 Å². The molecule has 3 nitrogen and oxygen atoms in total. The molecule has 0 aliphatic carbocycles. The Hall–Kier alpha value is -0.120. The normalized spacial score (nSPS) is 25.9. The standard InChI is InChI=1S/C11H25N3/c1-10(2)4-5-14-7-6-13(3)11(8-12)9-14/h10-11H,4-9,12H2,1-3H3. The SMILES string of the molecule is CC(C)CCN1CCN(C)C(CN)C1. The lowest BCUT2D eigenvalue weighted by Gasteiger charge is -2.39. The van der Waals surface area contributed by atoms with Gasteiger partial charge in [-0.3, -0.25) is 4.90 Å². The van der Waals surface area contributed by atoms with Gasteiger partial charge in [0, 0.05) is 32.2 Å². The van der Waals surface area contributed by atoms with E-state index in [2.05, 4.69) is 30.7 Å². The molecule has 1 atom stereocenters. The van der Waals surface area contributed by atoms with Gasteiger partial charge in [-0.05, 0) is 25.9 Å². The van der Waals surface area contributed by atoms with Crippen molar-refractivity contribution in [3.8, 4) is 0 Å². The number of piperazine rings is 1. The predicted molar refractivity (Wildman–Crippen MR) is 61.4 cm³/mol. The molecule has 2 N–H and O–H groups in total. The largest absolute Gasteiger partial charge is 0.329 e. The summed E-state index contributed by atoms with van der Waals surface area (Å²) in [5.74, 6) is 0.811. The second-order valence-corrected chi connectivity index (χ2v) is 4.85. The van der Waals surface area contributed by atoms with E-state index >= 15 is 0 Å². The lowest BCUT2D eigenvalue weighted by atomic mass is 10.1. The smallest absolute Gasteiger partial charge is 0.0343 e. The molecule has 0 amide bonds. The number of rotatable bonds is 4. The van der Waals surface area contributed by atoms with Gasteiger partial charge in [0.15, 0.2) is 0 Å². The number of likely N-dealkylation sites (N-methyl/N-ethyl adjacent to an activating group) is 1. The topological polar surface area (TPSA) is 32.5 Å². The van der Waals surface area contributed by atoms with Crippen LogP contribution in [0.1, 0.15) is 20.3 Å². The summed E-state index contributed by atoms with van der Waals surface area (Å²) in [6, 6.07) is 0.566. The second-order valence-electron chi connectivity index (χ2n) is 4.85. The number of nitrogens with zero attached hydrogens (tertiary/aromatic N) is 2. The van der Waals surface area contributed by atoms with E-state index in [1.807, 2.05) is 0 Å². The van der Waals surface area contributed by atoms with E-state index in [9.17, 15) is 0 Å². The first kappa shape index (κ1) is 12.0. The van der Waals surface area contributed by atoms with E-state index in [1.54, 1.807) is 0 Å². The molecule has 1 unspecified atom stereocenters. The van der Waals surface area contributed by atoms with Crippen molar-refractivity contribution in [3.63, 3.8) is 0 Å². The van der Waals surface area contributed by atoms with Crippen LogP contribution in [0.4, 0.5) is 0 Å². The van der Waals surface area contributed by atoms with Crippen molar-refractivity contribution in [2.24, 2.45) is 11.7 Å². The monoisotopic (exact) mass is 199 g/mol. The van der Waals surface area contributed by atoms with Gasteiger partial charge >= 0.3 is 0 Å². The highest BCUT2D eigenvalue weighted by Gasteiger charge is 2.22. The average Bonchev–Trinajstić information content (AvgIpc) is 2.16. The molecule has 0 radical (unpaired) electrons. The van der Waals surface area contributed by atoms with Crippen molar-refractivity contribution in [2.75, 3.05) is 39.8 Å². The third-order valence-electron chi connectivity index (χ3n) is 3.16. The Bertz CT molecular complexity index is 159. The van der Waals surface area contributed by atoms with Crippen LogP contribution < -0.4 is 5.73 Å². The summed E-state index contributed by atoms with van der Waals surface area (Å²) < 4.78 is 0. The highest BCUT2D eigenvalue weighted by atomic mass is 15.3. The van der Waals surface area contributed by atoms with Gasteiger partial charge in [0.25, 0.3) is 0 Å². The zero-order valence-electron chi connectivity index (χ0n) is 9.87. The fraction of sp³-hybridized carbons (Fsp3) is 1.00. The Kier molecular flexibility index (Phi) is 4.85. The molecule has 0 spiro atoms. The maximum Gasteiger partial charge on any atom is 0.0343 e. The molecular formula is C11H25N3. The first-order chi connectivity index (χ1) is 6.63. The van der Waals surface area contributed by atoms with Crippen LogP contribution in [0.5, 0.6) is 0 Å². The van der Waals surface area contributed by atoms with Crippen molar-refractivity contribution in [3.05, 3.63) is 0 Å². The highest BCUT2D eigenvalue weighted by Crippen LogP contribution is 2.09. The Morgan fingerprint density at radius 1 is 1.36 bits per heavy atom. The lowest BCUT2D eigenvalue weighted by Crippen LogP contribution is -2.54. The maximum absolute atomic E-state index is 5.74. The molecule has 0 aromatic heterocycles. The molecule has 1 aliphatic heterocycles. The summed E-state index contributed by atoms with van der Waals surface area (Å²) in [6.07, 6.45) is 1.31. The van der Waals surface area contributed by atoms with E-state index in [4.69, 9.17) is 5.73 Å². The molecule has 1 fully saturated rings. The quantitative estimate of drug-likeness (QED) is 0.720. The lowest BCUT2D eigenvalue weighted by molar-refractivity contribution is 0.0962.